The third-order valence-electron chi connectivity index (χ3n) is 1.20. The molecule has 0 aromatic rings. The summed E-state index contributed by atoms with van der Waals surface area (Å²) in [6.07, 6.45) is 1.08. The van der Waals surface area contributed by atoms with Gasteiger partial charge in [0, 0.05) is 13.2 Å². The van der Waals surface area contributed by atoms with Crippen molar-refractivity contribution in [3.8, 4) is 0 Å². The van der Waals surface area contributed by atoms with Crippen molar-refractivity contribution in [2.24, 2.45) is 5.73 Å². The fourth-order valence-electron chi connectivity index (χ4n) is 0.605. The summed E-state index contributed by atoms with van der Waals surface area (Å²) in [4.78, 5) is 9.89. The van der Waals surface area contributed by atoms with Gasteiger partial charge in [-0.25, -0.2) is 0 Å². The van der Waals surface area contributed by atoms with Gasteiger partial charge in [0.05, 0.1) is 0 Å². The van der Waals surface area contributed by atoms with Gasteiger partial charge in [-0.15, -0.1) is 0 Å². The highest BCUT2D eigenvalue weighted by Gasteiger charge is 2.10. The zero-order valence-corrected chi connectivity index (χ0v) is 7.03. The molecule has 68 valence electrons. The van der Waals surface area contributed by atoms with Crippen LogP contribution < -0.4 is 5.73 Å². The molecule has 0 aliphatic heterocycles. The summed E-state index contributed by atoms with van der Waals surface area (Å²) in [5.41, 5.74) is 5.36. The zero-order valence-electron chi connectivity index (χ0n) is 7.03. The normalized spacial score (nSPS) is 14.3. The number of rotatable bonds is 4. The van der Waals surface area contributed by atoms with E-state index < -0.39 is 6.10 Å². The summed E-state index contributed by atoms with van der Waals surface area (Å²) < 4.78 is 0. The Balaban J connectivity index is 0. The van der Waals surface area contributed by atoms with Crippen molar-refractivity contribution >= 4 is 6.29 Å². The molecule has 4 nitrogen and oxygen atoms in total. The van der Waals surface area contributed by atoms with Crippen LogP contribution in [0.25, 0.3) is 0 Å². The van der Waals surface area contributed by atoms with Crippen LogP contribution in [0.1, 0.15) is 19.8 Å². The molecule has 0 bridgehead atoms. The Hall–Kier alpha value is -0.450. The molecule has 11 heavy (non-hydrogen) atoms. The highest BCUT2D eigenvalue weighted by molar-refractivity contribution is 5.56. The maximum absolute atomic E-state index is 9.89. The first-order valence-electron chi connectivity index (χ1n) is 3.56. The predicted octanol–water partition coefficient (Wildman–Crippen LogP) is -0.718. The molecule has 0 heterocycles. The Kier molecular flexibility index (Phi) is 11.4. The Morgan fingerprint density at radius 3 is 2.27 bits per heavy atom. The Bertz CT molecular complexity index is 87.8. The summed E-state index contributed by atoms with van der Waals surface area (Å²) in [5, 5.41) is 15.8. The summed E-state index contributed by atoms with van der Waals surface area (Å²) in [6.45, 7) is 1.96. The van der Waals surface area contributed by atoms with Gasteiger partial charge in [-0.3, -0.25) is 0 Å². The van der Waals surface area contributed by atoms with Crippen molar-refractivity contribution in [1.29, 1.82) is 0 Å². The topological polar surface area (TPSA) is 83.5 Å². The maximum atomic E-state index is 9.89. The highest BCUT2D eigenvalue weighted by Crippen LogP contribution is 1.96. The molecule has 0 aliphatic carbocycles. The van der Waals surface area contributed by atoms with E-state index in [2.05, 4.69) is 0 Å². The summed E-state index contributed by atoms with van der Waals surface area (Å²) in [7, 11) is 1.00. The van der Waals surface area contributed by atoms with E-state index in [1.165, 1.54) is 0 Å². The largest absolute Gasteiger partial charge is 0.400 e. The minimum absolute atomic E-state index is 0.382. The van der Waals surface area contributed by atoms with Crippen molar-refractivity contribution in [1.82, 2.24) is 0 Å². The summed E-state index contributed by atoms with van der Waals surface area (Å²) in [5.74, 6) is 0. The van der Waals surface area contributed by atoms with Crippen LogP contribution in [0.2, 0.25) is 0 Å². The van der Waals surface area contributed by atoms with E-state index in [0.29, 0.717) is 12.7 Å². The number of aliphatic hydroxyl groups is 2. The predicted molar refractivity (Wildman–Crippen MR) is 43.1 cm³/mol. The van der Waals surface area contributed by atoms with E-state index in [9.17, 15) is 4.79 Å². The number of nitrogens with two attached hydrogens (primary N) is 1. The lowest BCUT2D eigenvalue weighted by Crippen LogP contribution is -2.35. The van der Waals surface area contributed by atoms with E-state index in [1.54, 1.807) is 0 Å². The molecular weight excluding hydrogens is 146 g/mol. The second-order valence-corrected chi connectivity index (χ2v) is 2.08. The van der Waals surface area contributed by atoms with Crippen LogP contribution in [0.4, 0.5) is 0 Å². The van der Waals surface area contributed by atoms with Gasteiger partial charge in [0.25, 0.3) is 0 Å². The third kappa shape index (κ3) is 7.45. The molecule has 0 rings (SSSR count). The molecule has 0 amide bonds. The molecular formula is C7H17NO3. The molecule has 4 N–H and O–H groups in total. The second-order valence-electron chi connectivity index (χ2n) is 2.08. The van der Waals surface area contributed by atoms with E-state index in [0.717, 1.165) is 13.5 Å². The number of aldehydes is 1. The molecule has 2 atom stereocenters. The average molecular weight is 163 g/mol. The van der Waals surface area contributed by atoms with Crippen molar-refractivity contribution < 1.29 is 15.0 Å². The van der Waals surface area contributed by atoms with Crippen LogP contribution in [0, 0.1) is 0 Å². The van der Waals surface area contributed by atoms with E-state index >= 15 is 0 Å². The standard InChI is InChI=1S/C6H13NO2.CH4O/c1-2-3-5(7)6(9)4-8;1-2/h4-6,9H,2-3,7H2,1H3;2H,1H3. The third-order valence-corrected chi connectivity index (χ3v) is 1.20. The van der Waals surface area contributed by atoms with E-state index in [1.807, 2.05) is 6.92 Å². The fourth-order valence-corrected chi connectivity index (χ4v) is 0.605. The van der Waals surface area contributed by atoms with Gasteiger partial charge in [0.2, 0.25) is 0 Å². The zero-order chi connectivity index (χ0) is 9.28. The Morgan fingerprint density at radius 2 is 2.00 bits per heavy atom. The lowest BCUT2D eigenvalue weighted by molar-refractivity contribution is -0.115. The number of hydrogen-bond donors (Lipinski definition) is 3. The highest BCUT2D eigenvalue weighted by atomic mass is 16.3. The first-order valence-corrected chi connectivity index (χ1v) is 3.56. The molecule has 0 aromatic heterocycles. The first-order chi connectivity index (χ1) is 5.22. The van der Waals surface area contributed by atoms with Crippen LogP contribution in [0.5, 0.6) is 0 Å². The number of aliphatic hydroxyl groups excluding tert-OH is 2. The first kappa shape index (κ1) is 13.2. The van der Waals surface area contributed by atoms with Crippen LogP contribution in [0.15, 0.2) is 0 Å². The summed E-state index contributed by atoms with van der Waals surface area (Å²) in [6, 6.07) is -0.382. The average Bonchev–Trinajstić information content (AvgIpc) is 2.07. The van der Waals surface area contributed by atoms with Gasteiger partial charge in [-0.2, -0.15) is 0 Å². The number of carbonyl (C=O) groups excluding carboxylic acids is 1. The molecule has 0 radical (unpaired) electrons. The van der Waals surface area contributed by atoms with Gasteiger partial charge >= 0.3 is 0 Å². The summed E-state index contributed by atoms with van der Waals surface area (Å²) >= 11 is 0. The second kappa shape index (κ2) is 9.55. The molecule has 0 fully saturated rings. The Morgan fingerprint density at radius 1 is 1.55 bits per heavy atom. The monoisotopic (exact) mass is 163 g/mol. The molecule has 0 spiro atoms. The van der Waals surface area contributed by atoms with E-state index in [-0.39, 0.29) is 6.04 Å². The van der Waals surface area contributed by atoms with Crippen LogP contribution in [0.3, 0.4) is 0 Å². The lowest BCUT2D eigenvalue weighted by atomic mass is 10.1. The van der Waals surface area contributed by atoms with Crippen molar-refractivity contribution in [2.45, 2.75) is 31.9 Å². The molecule has 0 saturated carbocycles. The maximum Gasteiger partial charge on any atom is 0.150 e. The number of hydrogen-bond acceptors (Lipinski definition) is 4. The van der Waals surface area contributed by atoms with Crippen LogP contribution in [-0.2, 0) is 4.79 Å². The van der Waals surface area contributed by atoms with Crippen LogP contribution >= 0.6 is 0 Å². The molecule has 4 heteroatoms. The Labute approximate surface area is 67.0 Å². The van der Waals surface area contributed by atoms with Crippen LogP contribution in [-0.4, -0.2) is 35.8 Å². The van der Waals surface area contributed by atoms with Crippen molar-refractivity contribution in [3.63, 3.8) is 0 Å². The van der Waals surface area contributed by atoms with Gasteiger partial charge in [0.15, 0.2) is 0 Å². The smallest absolute Gasteiger partial charge is 0.150 e. The SMILES string of the molecule is CCCC(N)C(O)C=O.CO. The van der Waals surface area contributed by atoms with Crippen molar-refractivity contribution in [2.75, 3.05) is 7.11 Å². The van der Waals surface area contributed by atoms with Crippen molar-refractivity contribution in [3.05, 3.63) is 0 Å². The molecule has 0 aromatic carbocycles. The molecule has 2 unspecified atom stereocenters. The molecule has 0 saturated heterocycles. The number of carbonyl (C=O) groups is 1. The van der Waals surface area contributed by atoms with Gasteiger partial charge < -0.3 is 20.7 Å². The lowest BCUT2D eigenvalue weighted by Gasteiger charge is -2.10. The molecule has 0 aliphatic rings. The minimum Gasteiger partial charge on any atom is -0.400 e. The van der Waals surface area contributed by atoms with Gasteiger partial charge in [0.1, 0.15) is 12.4 Å². The minimum atomic E-state index is -0.982. The van der Waals surface area contributed by atoms with E-state index in [4.69, 9.17) is 15.9 Å². The fraction of sp³-hybridized carbons (Fsp3) is 0.857. The van der Waals surface area contributed by atoms with Gasteiger partial charge in [-0.1, -0.05) is 13.3 Å². The quantitative estimate of drug-likeness (QED) is 0.478. The van der Waals surface area contributed by atoms with Gasteiger partial charge in [-0.05, 0) is 6.42 Å².